The number of anilines is 1. The van der Waals surface area contributed by atoms with Crippen molar-refractivity contribution < 1.29 is 13.9 Å². The molecule has 5 rings (SSSR count). The summed E-state index contributed by atoms with van der Waals surface area (Å²) in [7, 11) is 0. The van der Waals surface area contributed by atoms with Crippen molar-refractivity contribution in [1.82, 2.24) is 24.8 Å². The lowest BCUT2D eigenvalue weighted by Crippen LogP contribution is -2.16. The molecule has 37 heavy (non-hydrogen) atoms. The molecule has 11 nitrogen and oxygen atoms in total. The maximum atomic E-state index is 12.6. The third-order valence-corrected chi connectivity index (χ3v) is 6.87. The number of nitriles is 1. The summed E-state index contributed by atoms with van der Waals surface area (Å²) in [6.45, 7) is 2.07. The molecule has 1 N–H and O–H groups in total. The molecule has 0 saturated heterocycles. The normalized spacial score (nSPS) is 11.4. The van der Waals surface area contributed by atoms with E-state index in [1.165, 1.54) is 34.3 Å². The van der Waals surface area contributed by atoms with Gasteiger partial charge in [0.15, 0.2) is 10.8 Å². The molecule has 0 aliphatic carbocycles. The Morgan fingerprint density at radius 3 is 2.81 bits per heavy atom. The van der Waals surface area contributed by atoms with Crippen molar-refractivity contribution in [2.75, 3.05) is 5.32 Å². The molecule has 4 heterocycles. The number of carbonyl (C=O) groups is 1. The number of amides is 1. The molecule has 0 bridgehead atoms. The Morgan fingerprint density at radius 2 is 2.08 bits per heavy atom. The maximum Gasteiger partial charge on any atom is 0.275 e. The molecule has 0 unspecified atom stereocenters. The molecule has 5 aromatic rings. The highest BCUT2D eigenvalue weighted by Gasteiger charge is 2.15. The van der Waals surface area contributed by atoms with Crippen molar-refractivity contribution in [3.05, 3.63) is 80.9 Å². The van der Waals surface area contributed by atoms with E-state index in [0.717, 1.165) is 22.8 Å². The van der Waals surface area contributed by atoms with Gasteiger partial charge in [0.25, 0.3) is 11.5 Å². The lowest BCUT2D eigenvalue weighted by molar-refractivity contribution is -0.112. The predicted octanol–water partition coefficient (Wildman–Crippen LogP) is 3.95. The SMILES string of the molecule is CCc1nn2c(=O)cc(COc3ccc(C=C(C#N)C(=O)Nc4nnc(-c5ccco5)s4)cc3)nc2s1. The summed E-state index contributed by atoms with van der Waals surface area (Å²) in [6.07, 6.45) is 3.70. The van der Waals surface area contributed by atoms with Crippen LogP contribution in [0.3, 0.4) is 0 Å². The van der Waals surface area contributed by atoms with Gasteiger partial charge in [-0.3, -0.25) is 14.9 Å². The molecule has 4 aromatic heterocycles. The lowest BCUT2D eigenvalue weighted by Gasteiger charge is -2.06. The van der Waals surface area contributed by atoms with E-state index in [0.29, 0.717) is 32.7 Å². The van der Waals surface area contributed by atoms with Crippen LogP contribution in [-0.2, 0) is 17.8 Å². The summed E-state index contributed by atoms with van der Waals surface area (Å²) in [5.74, 6) is 0.473. The molecule has 184 valence electrons. The van der Waals surface area contributed by atoms with E-state index in [1.54, 1.807) is 36.4 Å². The summed E-state index contributed by atoms with van der Waals surface area (Å²) in [6, 6.07) is 13.6. The third kappa shape index (κ3) is 5.45. The summed E-state index contributed by atoms with van der Waals surface area (Å²) < 4.78 is 12.3. The summed E-state index contributed by atoms with van der Waals surface area (Å²) in [5.41, 5.74) is 0.767. The number of aromatic nitrogens is 5. The fourth-order valence-electron chi connectivity index (χ4n) is 3.18. The monoisotopic (exact) mass is 531 g/mol. The van der Waals surface area contributed by atoms with Crippen LogP contribution in [0.4, 0.5) is 5.13 Å². The molecule has 0 aliphatic rings. The van der Waals surface area contributed by atoms with Gasteiger partial charge in [0, 0.05) is 6.07 Å². The minimum absolute atomic E-state index is 0.0996. The van der Waals surface area contributed by atoms with Crippen LogP contribution in [-0.4, -0.2) is 30.7 Å². The van der Waals surface area contributed by atoms with Gasteiger partial charge < -0.3 is 9.15 Å². The third-order valence-electron chi connectivity index (χ3n) is 4.96. The second-order valence-electron chi connectivity index (χ2n) is 7.50. The van der Waals surface area contributed by atoms with E-state index in [2.05, 4.69) is 25.6 Å². The maximum absolute atomic E-state index is 12.6. The first-order valence-corrected chi connectivity index (χ1v) is 12.6. The topological polar surface area (TPSA) is 148 Å². The van der Waals surface area contributed by atoms with Crippen LogP contribution in [0.5, 0.6) is 5.75 Å². The van der Waals surface area contributed by atoms with Gasteiger partial charge in [-0.05, 0) is 42.3 Å². The van der Waals surface area contributed by atoms with Crippen LogP contribution < -0.4 is 15.6 Å². The zero-order chi connectivity index (χ0) is 25.8. The average molecular weight is 532 g/mol. The predicted molar refractivity (Wildman–Crippen MR) is 137 cm³/mol. The van der Waals surface area contributed by atoms with E-state index < -0.39 is 5.91 Å². The number of furan rings is 1. The van der Waals surface area contributed by atoms with Crippen LogP contribution in [0.1, 0.15) is 23.2 Å². The van der Waals surface area contributed by atoms with Crippen molar-refractivity contribution in [3.8, 4) is 22.6 Å². The van der Waals surface area contributed by atoms with Gasteiger partial charge in [0.2, 0.25) is 10.1 Å². The standard InChI is InChI=1S/C24H17N7O4S2/c1-2-19-30-31-20(32)11-16(26-24(31)36-19)13-35-17-7-5-14(6-8-17)10-15(12-25)21(33)27-23-29-28-22(37-23)18-4-3-9-34-18/h3-11H,2,13H2,1H3,(H,27,29,33). The Kier molecular flexibility index (Phi) is 6.84. The van der Waals surface area contributed by atoms with Crippen LogP contribution in [0, 0.1) is 11.3 Å². The molecule has 0 spiro atoms. The lowest BCUT2D eigenvalue weighted by atomic mass is 10.1. The zero-order valence-electron chi connectivity index (χ0n) is 19.2. The van der Waals surface area contributed by atoms with Crippen molar-refractivity contribution in [1.29, 1.82) is 5.26 Å². The van der Waals surface area contributed by atoms with Gasteiger partial charge in [-0.15, -0.1) is 10.2 Å². The first-order valence-electron chi connectivity index (χ1n) is 10.9. The van der Waals surface area contributed by atoms with E-state index in [-0.39, 0.29) is 22.9 Å². The summed E-state index contributed by atoms with van der Waals surface area (Å²) >= 11 is 2.50. The highest BCUT2D eigenvalue weighted by atomic mass is 32.1. The van der Waals surface area contributed by atoms with Gasteiger partial charge in [0.05, 0.1) is 12.0 Å². The van der Waals surface area contributed by atoms with Gasteiger partial charge in [-0.1, -0.05) is 41.7 Å². The van der Waals surface area contributed by atoms with Crippen molar-refractivity contribution >= 4 is 44.7 Å². The van der Waals surface area contributed by atoms with Crippen molar-refractivity contribution in [2.45, 2.75) is 20.0 Å². The number of nitrogens with zero attached hydrogens (tertiary/aromatic N) is 6. The highest BCUT2D eigenvalue weighted by molar-refractivity contribution is 7.18. The van der Waals surface area contributed by atoms with E-state index in [9.17, 15) is 14.9 Å². The second-order valence-corrected chi connectivity index (χ2v) is 9.52. The Labute approximate surface area is 217 Å². The van der Waals surface area contributed by atoms with Crippen LogP contribution in [0.2, 0.25) is 0 Å². The first kappa shape index (κ1) is 24.0. The molecule has 0 aliphatic heterocycles. The quantitative estimate of drug-likeness (QED) is 0.232. The van der Waals surface area contributed by atoms with E-state index >= 15 is 0 Å². The van der Waals surface area contributed by atoms with Gasteiger partial charge in [-0.2, -0.15) is 14.9 Å². The zero-order valence-corrected chi connectivity index (χ0v) is 20.9. The largest absolute Gasteiger partial charge is 0.487 e. The van der Waals surface area contributed by atoms with Gasteiger partial charge >= 0.3 is 0 Å². The van der Waals surface area contributed by atoms with Crippen molar-refractivity contribution in [3.63, 3.8) is 0 Å². The first-order chi connectivity index (χ1) is 18.0. The number of aryl methyl sites for hydroxylation is 1. The molecule has 0 atom stereocenters. The van der Waals surface area contributed by atoms with Gasteiger partial charge in [0.1, 0.15) is 29.0 Å². The van der Waals surface area contributed by atoms with Crippen LogP contribution >= 0.6 is 22.7 Å². The molecular weight excluding hydrogens is 514 g/mol. The molecule has 0 radical (unpaired) electrons. The highest BCUT2D eigenvalue weighted by Crippen LogP contribution is 2.27. The smallest absolute Gasteiger partial charge is 0.275 e. The summed E-state index contributed by atoms with van der Waals surface area (Å²) in [5, 5.41) is 25.8. The molecule has 0 saturated carbocycles. The Morgan fingerprint density at radius 1 is 1.24 bits per heavy atom. The van der Waals surface area contributed by atoms with Crippen LogP contribution in [0.15, 0.2) is 63.5 Å². The molecule has 0 fully saturated rings. The molecular formula is C24H17N7O4S2. The number of ether oxygens (including phenoxy) is 1. The van der Waals surface area contributed by atoms with E-state index in [1.807, 2.05) is 13.0 Å². The fraction of sp³-hybridized carbons (Fsp3) is 0.125. The number of benzene rings is 1. The summed E-state index contributed by atoms with van der Waals surface area (Å²) in [4.78, 5) is 29.8. The number of carbonyl (C=O) groups excluding carboxylic acids is 1. The Bertz CT molecular complexity index is 1690. The number of nitrogens with one attached hydrogen (secondary N) is 1. The average Bonchev–Trinajstić information content (AvgIpc) is 3.67. The number of hydrogen-bond acceptors (Lipinski definition) is 11. The minimum atomic E-state index is -0.605. The molecule has 1 aromatic carbocycles. The molecule has 13 heteroatoms. The minimum Gasteiger partial charge on any atom is -0.487 e. The molecule has 1 amide bonds. The van der Waals surface area contributed by atoms with Crippen molar-refractivity contribution in [2.24, 2.45) is 0 Å². The van der Waals surface area contributed by atoms with Crippen LogP contribution in [0.25, 0.3) is 21.8 Å². The van der Waals surface area contributed by atoms with Gasteiger partial charge in [-0.25, -0.2) is 4.98 Å². The Hall–Kier alpha value is -4.67. The Balaban J connectivity index is 1.23. The number of hydrogen-bond donors (Lipinski definition) is 1. The van der Waals surface area contributed by atoms with E-state index in [4.69, 9.17) is 9.15 Å². The second kappa shape index (κ2) is 10.5. The fourth-order valence-corrected chi connectivity index (χ4v) is 4.75. The number of rotatable bonds is 8. The number of fused-ring (bicyclic) bond motifs is 1.